The van der Waals surface area contributed by atoms with Gasteiger partial charge in [0.05, 0.1) is 5.56 Å². The maximum atomic E-state index is 12.4. The van der Waals surface area contributed by atoms with E-state index in [0.717, 1.165) is 12.1 Å². The molecule has 0 unspecified atom stereocenters. The maximum absolute atomic E-state index is 12.4. The molecule has 1 aromatic carbocycles. The molecule has 1 aromatic rings. The minimum Gasteiger partial charge on any atom is -0.478 e. The second-order valence-corrected chi connectivity index (χ2v) is 3.24. The minimum absolute atomic E-state index is 0.0695. The predicted octanol–water partition coefficient (Wildman–Crippen LogP) is 3.11. The zero-order chi connectivity index (χ0) is 12.3. The van der Waals surface area contributed by atoms with E-state index in [0.29, 0.717) is 5.56 Å². The van der Waals surface area contributed by atoms with Crippen LogP contribution in [0.3, 0.4) is 0 Å². The number of hydrogen-bond donors (Lipinski definition) is 1. The van der Waals surface area contributed by atoms with Crippen LogP contribution in [0.4, 0.5) is 13.2 Å². The van der Waals surface area contributed by atoms with Crippen molar-refractivity contribution in [2.75, 3.05) is 0 Å². The van der Waals surface area contributed by atoms with Crippen LogP contribution in [-0.2, 0) is 11.0 Å². The minimum atomic E-state index is -4.38. The lowest BCUT2D eigenvalue weighted by atomic mass is 10.0. The number of aliphatic carboxylic acids is 1. The van der Waals surface area contributed by atoms with E-state index in [2.05, 4.69) is 0 Å². The summed E-state index contributed by atoms with van der Waals surface area (Å²) >= 11 is 0. The van der Waals surface area contributed by atoms with Crippen LogP contribution in [0.15, 0.2) is 24.3 Å². The van der Waals surface area contributed by atoms with E-state index in [1.807, 2.05) is 0 Å². The Kier molecular flexibility index (Phi) is 3.37. The molecule has 0 aromatic heterocycles. The molecule has 0 fully saturated rings. The summed E-state index contributed by atoms with van der Waals surface area (Å²) < 4.78 is 37.1. The normalized spacial score (nSPS) is 12.0. The van der Waals surface area contributed by atoms with Gasteiger partial charge >= 0.3 is 12.1 Å². The molecule has 0 aliphatic carbocycles. The largest absolute Gasteiger partial charge is 0.478 e. The molecule has 16 heavy (non-hydrogen) atoms. The molecule has 0 spiro atoms. The summed E-state index contributed by atoms with van der Waals surface area (Å²) in [6.45, 7) is 1.33. The fourth-order valence-corrected chi connectivity index (χ4v) is 1.28. The van der Waals surface area contributed by atoms with Gasteiger partial charge in [0.25, 0.3) is 0 Å². The number of rotatable bonds is 2. The number of aryl methyl sites for hydroxylation is 1. The zero-order valence-corrected chi connectivity index (χ0v) is 8.38. The van der Waals surface area contributed by atoms with Gasteiger partial charge in [-0.05, 0) is 30.2 Å². The molecule has 0 saturated heterocycles. The Bertz CT molecular complexity index is 433. The molecule has 0 amide bonds. The summed E-state index contributed by atoms with van der Waals surface area (Å²) in [5.74, 6) is -1.14. The van der Waals surface area contributed by atoms with Crippen LogP contribution in [0.1, 0.15) is 16.7 Å². The Hall–Kier alpha value is -1.78. The van der Waals surface area contributed by atoms with Crippen molar-refractivity contribution in [2.45, 2.75) is 13.1 Å². The second-order valence-electron chi connectivity index (χ2n) is 3.24. The first-order chi connectivity index (χ1) is 7.30. The van der Waals surface area contributed by atoms with Crippen molar-refractivity contribution in [2.24, 2.45) is 0 Å². The molecule has 86 valence electrons. The topological polar surface area (TPSA) is 37.3 Å². The van der Waals surface area contributed by atoms with Crippen LogP contribution in [0.25, 0.3) is 6.08 Å². The van der Waals surface area contributed by atoms with E-state index in [1.54, 1.807) is 0 Å². The van der Waals surface area contributed by atoms with Gasteiger partial charge in [0, 0.05) is 6.08 Å². The van der Waals surface area contributed by atoms with Crippen LogP contribution in [0.2, 0.25) is 0 Å². The van der Waals surface area contributed by atoms with Crippen LogP contribution in [-0.4, -0.2) is 11.1 Å². The molecular formula is C11H9F3O2. The van der Waals surface area contributed by atoms with Gasteiger partial charge in [-0.2, -0.15) is 13.2 Å². The highest BCUT2D eigenvalue weighted by atomic mass is 19.4. The van der Waals surface area contributed by atoms with Crippen LogP contribution in [0, 0.1) is 6.92 Å². The third-order valence-corrected chi connectivity index (χ3v) is 1.97. The monoisotopic (exact) mass is 230 g/mol. The number of carboxylic acids is 1. The number of carbonyl (C=O) groups is 1. The number of benzene rings is 1. The van der Waals surface area contributed by atoms with Gasteiger partial charge in [0.1, 0.15) is 0 Å². The van der Waals surface area contributed by atoms with Crippen LogP contribution >= 0.6 is 0 Å². The quantitative estimate of drug-likeness (QED) is 0.792. The zero-order valence-electron chi connectivity index (χ0n) is 8.38. The number of carboxylic acid groups (broad SMARTS) is 1. The lowest BCUT2D eigenvalue weighted by Crippen LogP contribution is -2.07. The molecule has 0 saturated carbocycles. The van der Waals surface area contributed by atoms with Gasteiger partial charge in [-0.3, -0.25) is 0 Å². The molecule has 0 atom stereocenters. The van der Waals surface area contributed by atoms with Gasteiger partial charge in [-0.15, -0.1) is 0 Å². The van der Waals surface area contributed by atoms with Crippen LogP contribution < -0.4 is 0 Å². The third kappa shape index (κ3) is 3.12. The fraction of sp³-hybridized carbons (Fsp3) is 0.182. The first-order valence-corrected chi connectivity index (χ1v) is 4.39. The van der Waals surface area contributed by atoms with E-state index in [-0.39, 0.29) is 5.56 Å². The maximum Gasteiger partial charge on any atom is 0.416 e. The summed E-state index contributed by atoms with van der Waals surface area (Å²) in [6, 6.07) is 3.47. The van der Waals surface area contributed by atoms with E-state index in [9.17, 15) is 18.0 Å². The molecule has 0 aliphatic rings. The fourth-order valence-electron chi connectivity index (χ4n) is 1.28. The van der Waals surface area contributed by atoms with E-state index < -0.39 is 17.7 Å². The molecule has 2 nitrogen and oxygen atoms in total. The van der Waals surface area contributed by atoms with Crippen molar-refractivity contribution < 1.29 is 23.1 Å². The summed E-state index contributed by atoms with van der Waals surface area (Å²) in [5.41, 5.74) is -0.215. The number of halogens is 3. The summed E-state index contributed by atoms with van der Waals surface area (Å²) in [7, 11) is 0. The predicted molar refractivity (Wildman–Crippen MR) is 52.9 cm³/mol. The highest BCUT2D eigenvalue weighted by Gasteiger charge is 2.31. The van der Waals surface area contributed by atoms with Crippen molar-refractivity contribution in [3.8, 4) is 0 Å². The Morgan fingerprint density at radius 1 is 1.38 bits per heavy atom. The van der Waals surface area contributed by atoms with E-state index in [1.165, 1.54) is 25.1 Å². The summed E-state index contributed by atoms with van der Waals surface area (Å²) in [6.07, 6.45) is -2.25. The molecule has 0 heterocycles. The Balaban J connectivity index is 3.05. The van der Waals surface area contributed by atoms with E-state index >= 15 is 0 Å². The Morgan fingerprint density at radius 3 is 2.44 bits per heavy atom. The average Bonchev–Trinajstić information content (AvgIpc) is 2.12. The SMILES string of the molecule is Cc1cc(/C=C\C(=O)O)ccc1C(F)(F)F. The highest BCUT2D eigenvalue weighted by molar-refractivity contribution is 5.85. The van der Waals surface area contributed by atoms with Crippen molar-refractivity contribution in [1.29, 1.82) is 0 Å². The molecule has 1 rings (SSSR count). The first kappa shape index (κ1) is 12.3. The molecule has 0 bridgehead atoms. The van der Waals surface area contributed by atoms with Gasteiger partial charge in [0.15, 0.2) is 0 Å². The number of alkyl halides is 3. The lowest BCUT2D eigenvalue weighted by molar-refractivity contribution is -0.138. The summed E-state index contributed by atoms with van der Waals surface area (Å²) in [4.78, 5) is 10.2. The molecule has 0 aliphatic heterocycles. The molecular weight excluding hydrogens is 221 g/mol. The molecule has 5 heteroatoms. The third-order valence-electron chi connectivity index (χ3n) is 1.97. The Morgan fingerprint density at radius 2 is 2.00 bits per heavy atom. The van der Waals surface area contributed by atoms with Gasteiger partial charge in [-0.1, -0.05) is 12.1 Å². The van der Waals surface area contributed by atoms with Crippen LogP contribution in [0.5, 0.6) is 0 Å². The van der Waals surface area contributed by atoms with Gasteiger partial charge in [0.2, 0.25) is 0 Å². The van der Waals surface area contributed by atoms with Gasteiger partial charge in [-0.25, -0.2) is 4.79 Å². The van der Waals surface area contributed by atoms with Gasteiger partial charge < -0.3 is 5.11 Å². The van der Waals surface area contributed by atoms with E-state index in [4.69, 9.17) is 5.11 Å². The van der Waals surface area contributed by atoms with Crippen molar-refractivity contribution in [3.05, 3.63) is 41.0 Å². The average molecular weight is 230 g/mol. The van der Waals surface area contributed by atoms with Crippen molar-refractivity contribution in [1.82, 2.24) is 0 Å². The molecule has 1 N–H and O–H groups in total. The lowest BCUT2D eigenvalue weighted by Gasteiger charge is -2.10. The summed E-state index contributed by atoms with van der Waals surface area (Å²) in [5, 5.41) is 8.36. The first-order valence-electron chi connectivity index (χ1n) is 4.39. The van der Waals surface area contributed by atoms with Crippen molar-refractivity contribution in [3.63, 3.8) is 0 Å². The standard InChI is InChI=1S/C11H9F3O2/c1-7-6-8(3-5-10(15)16)2-4-9(7)11(12,13)14/h2-6H,1H3,(H,15,16)/b5-3-. The Labute approximate surface area is 90.0 Å². The second kappa shape index (κ2) is 4.38. The molecule has 0 radical (unpaired) electrons. The van der Waals surface area contributed by atoms with Crippen molar-refractivity contribution >= 4 is 12.0 Å². The smallest absolute Gasteiger partial charge is 0.416 e. The highest BCUT2D eigenvalue weighted by Crippen LogP contribution is 2.32. The number of hydrogen-bond acceptors (Lipinski definition) is 1.